The molecule has 1 nitrogen and oxygen atoms in total. The van der Waals surface area contributed by atoms with Gasteiger partial charge in [0.15, 0.2) is 0 Å². The Labute approximate surface area is 84.5 Å². The average Bonchev–Trinajstić information content (AvgIpc) is 2.03. The summed E-state index contributed by atoms with van der Waals surface area (Å²) in [5.74, 6) is 0. The van der Waals surface area contributed by atoms with Crippen LogP contribution in [0.25, 0.3) is 0 Å². The molecule has 0 spiro atoms. The molecule has 0 aromatic carbocycles. The molecule has 0 heterocycles. The van der Waals surface area contributed by atoms with Crippen molar-refractivity contribution in [1.82, 2.24) is 0 Å². The van der Waals surface area contributed by atoms with Gasteiger partial charge in [-0.1, -0.05) is 0 Å². The van der Waals surface area contributed by atoms with E-state index in [4.69, 9.17) is 3.07 Å². The quantitative estimate of drug-likeness (QED) is 0.482. The monoisotopic (exact) mass is 263 g/mol. The molecule has 65 valence electrons. The molecule has 0 fully saturated rings. The Kier molecular flexibility index (Phi) is 11.5. The molecule has 0 rings (SSSR count). The third-order valence-corrected chi connectivity index (χ3v) is 2.43. The summed E-state index contributed by atoms with van der Waals surface area (Å²) in [6, 6.07) is 0. The molecule has 0 saturated carbocycles. The Balaban J connectivity index is 2.69. The Morgan fingerprint density at radius 1 is 0.909 bits per heavy atom. The van der Waals surface area contributed by atoms with Gasteiger partial charge in [0.05, 0.1) is 0 Å². The molecular formula is C9H19OSn. The molecular weight excluding hydrogens is 243 g/mol. The molecule has 0 bridgehead atoms. The normalized spacial score (nSPS) is 10.4. The maximum atomic E-state index is 5.06. The first-order valence-corrected chi connectivity index (χ1v) is 5.87. The zero-order chi connectivity index (χ0) is 8.36. The molecule has 0 aliphatic rings. The summed E-state index contributed by atoms with van der Waals surface area (Å²) in [7, 11) is 0. The summed E-state index contributed by atoms with van der Waals surface area (Å²) in [4.78, 5) is 0. The molecule has 0 amide bonds. The first-order chi connectivity index (χ1) is 5.41. The second-order valence-corrected chi connectivity index (χ2v) is 3.79. The summed E-state index contributed by atoms with van der Waals surface area (Å²) >= 11 is 1.21. The van der Waals surface area contributed by atoms with Gasteiger partial charge in [0, 0.05) is 0 Å². The molecule has 0 atom stereocenters. The van der Waals surface area contributed by atoms with Crippen LogP contribution >= 0.6 is 0 Å². The topological polar surface area (TPSA) is 9.23 Å². The first-order valence-electron chi connectivity index (χ1n) is 4.70. The van der Waals surface area contributed by atoms with Gasteiger partial charge in [-0.15, -0.1) is 0 Å². The summed E-state index contributed by atoms with van der Waals surface area (Å²) in [5.41, 5.74) is 0. The van der Waals surface area contributed by atoms with Crippen LogP contribution in [0.3, 0.4) is 0 Å². The molecule has 0 N–H and O–H groups in total. The van der Waals surface area contributed by atoms with Crippen molar-refractivity contribution in [1.29, 1.82) is 0 Å². The number of hydrogen-bond acceptors (Lipinski definition) is 1. The van der Waals surface area contributed by atoms with Gasteiger partial charge in [0.1, 0.15) is 0 Å². The average molecular weight is 262 g/mol. The van der Waals surface area contributed by atoms with Crippen molar-refractivity contribution in [3.8, 4) is 0 Å². The summed E-state index contributed by atoms with van der Waals surface area (Å²) < 4.78 is 5.06. The van der Waals surface area contributed by atoms with Crippen LogP contribution in [0.1, 0.15) is 51.9 Å². The number of rotatable bonds is 8. The summed E-state index contributed by atoms with van der Waals surface area (Å²) in [6.07, 6.45) is 9.63. The van der Waals surface area contributed by atoms with Crippen molar-refractivity contribution >= 4 is 22.9 Å². The van der Waals surface area contributed by atoms with Crippen molar-refractivity contribution in [3.63, 3.8) is 0 Å². The predicted octanol–water partition coefficient (Wildman–Crippen LogP) is 2.84. The van der Waals surface area contributed by atoms with Gasteiger partial charge >= 0.3 is 84.5 Å². The molecule has 3 radical (unpaired) electrons. The minimum absolute atomic E-state index is 0.978. The SMILES string of the molecule is CCCCCCCCC[O][Sn]. The van der Waals surface area contributed by atoms with Crippen LogP contribution in [0.2, 0.25) is 0 Å². The molecule has 2 heteroatoms. The fourth-order valence-electron chi connectivity index (χ4n) is 1.13. The van der Waals surface area contributed by atoms with Crippen LogP contribution in [0.5, 0.6) is 0 Å². The van der Waals surface area contributed by atoms with E-state index in [0.717, 1.165) is 6.61 Å². The van der Waals surface area contributed by atoms with Crippen LogP contribution < -0.4 is 0 Å². The Morgan fingerprint density at radius 3 is 2.00 bits per heavy atom. The fraction of sp³-hybridized carbons (Fsp3) is 1.00. The Bertz CT molecular complexity index is 58.6. The van der Waals surface area contributed by atoms with E-state index in [0.29, 0.717) is 0 Å². The number of unbranched alkanes of at least 4 members (excludes halogenated alkanes) is 6. The fourth-order valence-corrected chi connectivity index (χ4v) is 1.54. The van der Waals surface area contributed by atoms with Crippen LogP contribution in [0.4, 0.5) is 0 Å². The van der Waals surface area contributed by atoms with E-state index in [1.807, 2.05) is 0 Å². The zero-order valence-corrected chi connectivity index (χ0v) is 10.4. The van der Waals surface area contributed by atoms with Crippen LogP contribution in [-0.2, 0) is 3.07 Å². The van der Waals surface area contributed by atoms with E-state index < -0.39 is 0 Å². The standard InChI is InChI=1S/C9H19O.Sn/c1-2-3-4-5-6-7-8-9-10;/h2-9H2,1H3;/q-1;+1. The Morgan fingerprint density at radius 2 is 1.45 bits per heavy atom. The van der Waals surface area contributed by atoms with Crippen molar-refractivity contribution in [2.24, 2.45) is 0 Å². The van der Waals surface area contributed by atoms with E-state index in [1.54, 1.807) is 0 Å². The summed E-state index contributed by atoms with van der Waals surface area (Å²) in [6.45, 7) is 3.24. The maximum absolute atomic E-state index is 5.06. The third-order valence-electron chi connectivity index (χ3n) is 1.85. The molecule has 0 aromatic heterocycles. The molecule has 11 heavy (non-hydrogen) atoms. The third kappa shape index (κ3) is 10.8. The van der Waals surface area contributed by atoms with Gasteiger partial charge < -0.3 is 0 Å². The van der Waals surface area contributed by atoms with Crippen molar-refractivity contribution in [3.05, 3.63) is 0 Å². The van der Waals surface area contributed by atoms with Crippen molar-refractivity contribution < 1.29 is 3.07 Å². The van der Waals surface area contributed by atoms with Crippen LogP contribution in [-0.4, -0.2) is 29.5 Å². The van der Waals surface area contributed by atoms with Gasteiger partial charge in [-0.05, 0) is 0 Å². The minimum atomic E-state index is 0.978. The molecule has 0 aromatic rings. The van der Waals surface area contributed by atoms with Gasteiger partial charge in [-0.2, -0.15) is 0 Å². The van der Waals surface area contributed by atoms with E-state index in [-0.39, 0.29) is 0 Å². The number of hydrogen-bond donors (Lipinski definition) is 0. The van der Waals surface area contributed by atoms with Crippen molar-refractivity contribution in [2.45, 2.75) is 51.9 Å². The van der Waals surface area contributed by atoms with Gasteiger partial charge in [-0.3, -0.25) is 0 Å². The first kappa shape index (κ1) is 11.8. The molecule has 0 saturated heterocycles. The van der Waals surface area contributed by atoms with Gasteiger partial charge in [-0.25, -0.2) is 0 Å². The summed E-state index contributed by atoms with van der Waals surface area (Å²) in [5, 5.41) is 0. The van der Waals surface area contributed by atoms with Crippen LogP contribution in [0, 0.1) is 0 Å². The predicted molar refractivity (Wildman–Crippen MR) is 49.7 cm³/mol. The Hall–Kier alpha value is 0.759. The van der Waals surface area contributed by atoms with E-state index >= 15 is 0 Å². The zero-order valence-electron chi connectivity index (χ0n) is 7.57. The van der Waals surface area contributed by atoms with E-state index in [2.05, 4.69) is 6.92 Å². The van der Waals surface area contributed by atoms with Crippen LogP contribution in [0.15, 0.2) is 0 Å². The molecule has 0 aliphatic heterocycles. The molecule has 0 unspecified atom stereocenters. The van der Waals surface area contributed by atoms with Gasteiger partial charge in [0.2, 0.25) is 0 Å². The van der Waals surface area contributed by atoms with E-state index in [9.17, 15) is 0 Å². The molecule has 0 aliphatic carbocycles. The van der Waals surface area contributed by atoms with E-state index in [1.165, 1.54) is 67.9 Å². The van der Waals surface area contributed by atoms with Gasteiger partial charge in [0.25, 0.3) is 0 Å². The van der Waals surface area contributed by atoms with Crippen molar-refractivity contribution in [2.75, 3.05) is 6.61 Å². The second kappa shape index (κ2) is 10.8. The second-order valence-electron chi connectivity index (χ2n) is 2.97.